The van der Waals surface area contributed by atoms with Crippen LogP contribution in [-0.2, 0) is 4.79 Å². The summed E-state index contributed by atoms with van der Waals surface area (Å²) in [7, 11) is 0. The van der Waals surface area contributed by atoms with Crippen molar-refractivity contribution < 1.29 is 45.0 Å². The molecular formula is C22H22O9. The molecule has 0 radical (unpaired) electrons. The summed E-state index contributed by atoms with van der Waals surface area (Å²) in [6.45, 7) is 0.699. The Morgan fingerprint density at radius 3 is 1.52 bits per heavy atom. The summed E-state index contributed by atoms with van der Waals surface area (Å²) in [6, 6.07) is 13.6. The van der Waals surface area contributed by atoms with Crippen LogP contribution in [0, 0.1) is 0 Å². The maximum absolute atomic E-state index is 13.1. The van der Waals surface area contributed by atoms with E-state index in [9.17, 15) is 45.0 Å². The fourth-order valence-corrected chi connectivity index (χ4v) is 4.04. The Morgan fingerprint density at radius 2 is 1.10 bits per heavy atom. The van der Waals surface area contributed by atoms with Crippen molar-refractivity contribution in [2.75, 3.05) is 0 Å². The van der Waals surface area contributed by atoms with Crippen molar-refractivity contribution in [1.29, 1.82) is 0 Å². The third kappa shape index (κ3) is 2.98. The molecule has 0 bridgehead atoms. The van der Waals surface area contributed by atoms with Crippen LogP contribution in [0.25, 0.3) is 0 Å². The summed E-state index contributed by atoms with van der Waals surface area (Å²) in [6.07, 6.45) is -8.25. The number of benzene rings is 2. The molecule has 0 heterocycles. The van der Waals surface area contributed by atoms with E-state index in [0.717, 1.165) is 0 Å². The standard InChI is InChI=1S/C22H22O9/c1-12(23)21(30)19(28)20(29,15(24)13-8-4-2-5-9-13)17(26)18(27)22(21,31)16(25)14-10-6-3-7-11-14/h2-11,17-19,26-31H,1H3/t17-,18-,19+,20-,21+,22+/m1/s1. The second-order valence-corrected chi connectivity index (χ2v) is 7.60. The van der Waals surface area contributed by atoms with Gasteiger partial charge in [-0.15, -0.1) is 0 Å². The lowest BCUT2D eigenvalue weighted by Crippen LogP contribution is -2.86. The van der Waals surface area contributed by atoms with Crippen molar-refractivity contribution >= 4 is 17.3 Å². The van der Waals surface area contributed by atoms with Crippen molar-refractivity contribution in [2.45, 2.75) is 42.0 Å². The minimum Gasteiger partial charge on any atom is -0.387 e. The van der Waals surface area contributed by atoms with Crippen molar-refractivity contribution in [3.8, 4) is 0 Å². The molecule has 0 amide bonds. The van der Waals surface area contributed by atoms with Gasteiger partial charge < -0.3 is 30.6 Å². The Kier molecular flexibility index (Phi) is 5.70. The van der Waals surface area contributed by atoms with Gasteiger partial charge in [0.25, 0.3) is 0 Å². The van der Waals surface area contributed by atoms with Crippen LogP contribution in [0.4, 0.5) is 0 Å². The zero-order valence-electron chi connectivity index (χ0n) is 16.4. The number of rotatable bonds is 5. The largest absolute Gasteiger partial charge is 0.387 e. The van der Waals surface area contributed by atoms with Crippen molar-refractivity contribution in [3.05, 3.63) is 71.8 Å². The smallest absolute Gasteiger partial charge is 0.200 e. The Labute approximate surface area is 176 Å². The number of carbonyl (C=O) groups excluding carboxylic acids is 3. The second kappa shape index (κ2) is 7.72. The molecule has 2 aromatic rings. The molecule has 6 atom stereocenters. The van der Waals surface area contributed by atoms with Gasteiger partial charge in [-0.05, 0) is 6.92 Å². The molecule has 1 aliphatic carbocycles. The van der Waals surface area contributed by atoms with Crippen LogP contribution in [0.1, 0.15) is 27.6 Å². The van der Waals surface area contributed by atoms with E-state index >= 15 is 0 Å². The maximum atomic E-state index is 13.1. The minimum atomic E-state index is -3.54. The predicted molar refractivity (Wildman–Crippen MR) is 105 cm³/mol. The quantitative estimate of drug-likeness (QED) is 0.313. The van der Waals surface area contributed by atoms with Crippen LogP contribution in [0.15, 0.2) is 60.7 Å². The number of hydrogen-bond acceptors (Lipinski definition) is 9. The molecular weight excluding hydrogens is 408 g/mol. The van der Waals surface area contributed by atoms with Crippen LogP contribution in [0.3, 0.4) is 0 Å². The first-order valence-corrected chi connectivity index (χ1v) is 9.37. The highest BCUT2D eigenvalue weighted by Crippen LogP contribution is 2.46. The summed E-state index contributed by atoms with van der Waals surface area (Å²) in [5.74, 6) is -4.15. The molecule has 0 unspecified atom stereocenters. The lowest BCUT2D eigenvalue weighted by Gasteiger charge is -2.56. The van der Waals surface area contributed by atoms with Crippen LogP contribution in [0.2, 0.25) is 0 Å². The SMILES string of the molecule is CC(=O)[C@]1(O)[C@@H](O)[C@@](O)(C(=O)c2ccccc2)[C@H](O)[C@@H](O)[C@@]1(O)C(=O)c1ccccc1. The molecule has 0 aliphatic heterocycles. The van der Waals surface area contributed by atoms with Gasteiger partial charge in [-0.25, -0.2) is 0 Å². The van der Waals surface area contributed by atoms with Crippen LogP contribution in [0.5, 0.6) is 0 Å². The minimum absolute atomic E-state index is 0.221. The van der Waals surface area contributed by atoms with E-state index in [0.29, 0.717) is 6.92 Å². The van der Waals surface area contributed by atoms with E-state index in [1.807, 2.05) is 0 Å². The number of carbonyl (C=O) groups is 3. The summed E-state index contributed by atoms with van der Waals surface area (Å²) in [5.41, 5.74) is -10.8. The van der Waals surface area contributed by atoms with Gasteiger partial charge in [0.15, 0.2) is 28.4 Å². The van der Waals surface area contributed by atoms with E-state index in [-0.39, 0.29) is 11.1 Å². The van der Waals surface area contributed by atoms with Gasteiger partial charge >= 0.3 is 0 Å². The first-order chi connectivity index (χ1) is 14.4. The van der Waals surface area contributed by atoms with Gasteiger partial charge in [-0.1, -0.05) is 60.7 Å². The molecule has 2 aromatic carbocycles. The number of aliphatic hydroxyl groups is 6. The zero-order chi connectivity index (χ0) is 23.2. The molecule has 164 valence electrons. The fraction of sp³-hybridized carbons (Fsp3) is 0.318. The van der Waals surface area contributed by atoms with Crippen LogP contribution >= 0.6 is 0 Å². The highest BCUT2D eigenvalue weighted by Gasteiger charge is 2.78. The lowest BCUT2D eigenvalue weighted by molar-refractivity contribution is -0.299. The second-order valence-electron chi connectivity index (χ2n) is 7.60. The molecule has 1 aliphatic rings. The molecule has 9 nitrogen and oxygen atoms in total. The van der Waals surface area contributed by atoms with E-state index in [2.05, 4.69) is 0 Å². The normalized spacial score (nSPS) is 35.4. The topological polar surface area (TPSA) is 173 Å². The average molecular weight is 430 g/mol. The molecule has 6 N–H and O–H groups in total. The predicted octanol–water partition coefficient (Wildman–Crippen LogP) is -1.37. The zero-order valence-corrected chi connectivity index (χ0v) is 16.4. The van der Waals surface area contributed by atoms with E-state index in [4.69, 9.17) is 0 Å². The van der Waals surface area contributed by atoms with Crippen molar-refractivity contribution in [1.82, 2.24) is 0 Å². The third-order valence-corrected chi connectivity index (χ3v) is 5.89. The summed E-state index contributed by atoms with van der Waals surface area (Å²) in [5, 5.41) is 65.5. The van der Waals surface area contributed by atoms with Crippen LogP contribution in [-0.4, -0.2) is 83.1 Å². The molecule has 0 saturated heterocycles. The van der Waals surface area contributed by atoms with Crippen molar-refractivity contribution in [3.63, 3.8) is 0 Å². The van der Waals surface area contributed by atoms with E-state index < -0.39 is 52.5 Å². The number of hydrogen-bond donors (Lipinski definition) is 6. The number of ketones is 3. The number of Topliss-reactive ketones (excluding diaryl/α,β-unsaturated/α-hetero) is 3. The Balaban J connectivity index is 2.22. The molecule has 0 aromatic heterocycles. The van der Waals surface area contributed by atoms with Gasteiger partial charge in [-0.2, -0.15) is 0 Å². The van der Waals surface area contributed by atoms with E-state index in [1.165, 1.54) is 54.6 Å². The molecule has 0 spiro atoms. The van der Waals surface area contributed by atoms with Gasteiger partial charge in [0, 0.05) is 11.1 Å². The first kappa shape index (κ1) is 22.9. The fourth-order valence-electron chi connectivity index (χ4n) is 4.04. The highest BCUT2D eigenvalue weighted by atomic mass is 16.5. The van der Waals surface area contributed by atoms with E-state index in [1.54, 1.807) is 6.07 Å². The molecule has 3 rings (SSSR count). The molecule has 31 heavy (non-hydrogen) atoms. The lowest BCUT2D eigenvalue weighted by atomic mass is 9.56. The highest BCUT2D eigenvalue weighted by molar-refractivity contribution is 6.11. The van der Waals surface area contributed by atoms with Crippen molar-refractivity contribution in [2.24, 2.45) is 0 Å². The van der Waals surface area contributed by atoms with Gasteiger partial charge in [0.2, 0.25) is 5.78 Å². The molecule has 1 fully saturated rings. The van der Waals surface area contributed by atoms with Gasteiger partial charge in [-0.3, -0.25) is 14.4 Å². The molecule has 1 saturated carbocycles. The maximum Gasteiger partial charge on any atom is 0.200 e. The van der Waals surface area contributed by atoms with Gasteiger partial charge in [0.05, 0.1) is 0 Å². The monoisotopic (exact) mass is 430 g/mol. The first-order valence-electron chi connectivity index (χ1n) is 9.37. The Hall–Kier alpha value is -2.79. The average Bonchev–Trinajstić information content (AvgIpc) is 2.80. The van der Waals surface area contributed by atoms with Crippen LogP contribution < -0.4 is 0 Å². The number of aliphatic hydroxyl groups excluding tert-OH is 3. The molecule has 9 heteroatoms. The Morgan fingerprint density at radius 1 is 0.677 bits per heavy atom. The summed E-state index contributed by atoms with van der Waals surface area (Å²) >= 11 is 0. The summed E-state index contributed by atoms with van der Waals surface area (Å²) < 4.78 is 0. The summed E-state index contributed by atoms with van der Waals surface area (Å²) in [4.78, 5) is 38.5. The Bertz CT molecular complexity index is 1010. The third-order valence-electron chi connectivity index (χ3n) is 5.89. The van der Waals surface area contributed by atoms with Gasteiger partial charge in [0.1, 0.15) is 18.3 Å².